The van der Waals surface area contributed by atoms with E-state index in [-0.39, 0.29) is 36.1 Å². The van der Waals surface area contributed by atoms with E-state index in [9.17, 15) is 14.0 Å². The van der Waals surface area contributed by atoms with Crippen LogP contribution in [0.2, 0.25) is 0 Å². The van der Waals surface area contributed by atoms with Gasteiger partial charge in [0.1, 0.15) is 5.82 Å². The second-order valence-corrected chi connectivity index (χ2v) is 5.79. The monoisotopic (exact) mass is 309 g/mol. The Labute approximate surface area is 130 Å². The van der Waals surface area contributed by atoms with Crippen molar-refractivity contribution in [3.63, 3.8) is 0 Å². The van der Waals surface area contributed by atoms with Crippen LogP contribution in [0.3, 0.4) is 0 Å². The molecule has 0 spiro atoms. The number of nitrogens with two attached hydrogens (primary N) is 1. The number of rotatable bonds is 6. The Balaban J connectivity index is 2.51. The molecule has 0 aliphatic rings. The van der Waals surface area contributed by atoms with Crippen LogP contribution in [-0.2, 0) is 9.59 Å². The van der Waals surface area contributed by atoms with Crippen molar-refractivity contribution in [1.82, 2.24) is 10.6 Å². The van der Waals surface area contributed by atoms with Gasteiger partial charge in [-0.3, -0.25) is 9.59 Å². The number of carbonyl (C=O) groups excluding carboxylic acids is 2. The molecule has 0 aliphatic carbocycles. The first-order chi connectivity index (χ1) is 10.2. The van der Waals surface area contributed by atoms with E-state index in [4.69, 9.17) is 5.73 Å². The van der Waals surface area contributed by atoms with Crippen LogP contribution >= 0.6 is 0 Å². The Kier molecular flexibility index (Phi) is 6.49. The molecule has 0 saturated carbocycles. The summed E-state index contributed by atoms with van der Waals surface area (Å²) in [6.07, 6.45) is 0. The number of hydrogen-bond acceptors (Lipinski definition) is 3. The summed E-state index contributed by atoms with van der Waals surface area (Å²) in [5.41, 5.74) is 6.91. The predicted octanol–water partition coefficient (Wildman–Crippen LogP) is 1.41. The minimum Gasteiger partial charge on any atom is -0.348 e. The maximum absolute atomic E-state index is 13.5. The lowest BCUT2D eigenvalue weighted by Crippen LogP contribution is -2.47. The third kappa shape index (κ3) is 5.11. The first-order valence-electron chi connectivity index (χ1n) is 7.31. The maximum atomic E-state index is 13.5. The van der Waals surface area contributed by atoms with Crippen LogP contribution in [0.25, 0.3) is 0 Å². The Morgan fingerprint density at radius 2 is 1.91 bits per heavy atom. The number of halogens is 1. The maximum Gasteiger partial charge on any atom is 0.239 e. The second-order valence-electron chi connectivity index (χ2n) is 5.79. The zero-order chi connectivity index (χ0) is 16.9. The number of hydrogen-bond donors (Lipinski definition) is 3. The Morgan fingerprint density at radius 3 is 2.45 bits per heavy atom. The van der Waals surface area contributed by atoms with Crippen molar-refractivity contribution >= 4 is 11.8 Å². The molecular weight excluding hydrogens is 285 g/mol. The van der Waals surface area contributed by atoms with Gasteiger partial charge in [0.15, 0.2) is 0 Å². The molecule has 0 aliphatic heterocycles. The largest absolute Gasteiger partial charge is 0.348 e. The van der Waals surface area contributed by atoms with Gasteiger partial charge in [0, 0.05) is 0 Å². The summed E-state index contributed by atoms with van der Waals surface area (Å²) in [6.45, 7) is 6.94. The van der Waals surface area contributed by atoms with Crippen molar-refractivity contribution < 1.29 is 14.0 Å². The van der Waals surface area contributed by atoms with Crippen molar-refractivity contribution in [2.24, 2.45) is 11.7 Å². The first-order valence-corrected chi connectivity index (χ1v) is 7.31. The van der Waals surface area contributed by atoms with E-state index in [1.54, 1.807) is 26.0 Å². The number of aryl methyl sites for hydroxylation is 1. The van der Waals surface area contributed by atoms with Crippen molar-refractivity contribution in [3.05, 3.63) is 35.1 Å². The highest BCUT2D eigenvalue weighted by Gasteiger charge is 2.18. The average molecular weight is 309 g/mol. The van der Waals surface area contributed by atoms with Crippen LogP contribution in [-0.4, -0.2) is 24.4 Å². The van der Waals surface area contributed by atoms with Gasteiger partial charge in [0.2, 0.25) is 11.8 Å². The lowest BCUT2D eigenvalue weighted by Gasteiger charge is -2.17. The van der Waals surface area contributed by atoms with Gasteiger partial charge >= 0.3 is 0 Å². The molecule has 0 saturated heterocycles. The molecule has 4 N–H and O–H groups in total. The molecule has 0 aromatic heterocycles. The zero-order valence-corrected chi connectivity index (χ0v) is 13.4. The van der Waals surface area contributed by atoms with Crippen LogP contribution in [0, 0.1) is 18.7 Å². The van der Waals surface area contributed by atoms with Gasteiger partial charge < -0.3 is 16.4 Å². The highest BCUT2D eigenvalue weighted by molar-refractivity contribution is 5.87. The summed E-state index contributed by atoms with van der Waals surface area (Å²) in [6, 6.07) is 3.83. The molecule has 1 aromatic rings. The van der Waals surface area contributed by atoms with Gasteiger partial charge in [-0.15, -0.1) is 0 Å². The molecule has 5 nitrogen and oxygen atoms in total. The average Bonchev–Trinajstić information content (AvgIpc) is 2.46. The standard InChI is InChI=1S/C16H24FN3O2/c1-9(2)15(18)16(22)19-8-14(21)20-11(4)12-6-5-10(3)13(17)7-12/h5-7,9,11,15H,8,18H2,1-4H3,(H,19,22)(H,20,21)/t11?,15-/m0/s1. The van der Waals surface area contributed by atoms with Crippen LogP contribution in [0.4, 0.5) is 4.39 Å². The Hall–Kier alpha value is -1.95. The molecule has 1 aromatic carbocycles. The van der Waals surface area contributed by atoms with E-state index in [0.717, 1.165) is 0 Å². The smallest absolute Gasteiger partial charge is 0.239 e. The molecule has 2 amide bonds. The van der Waals surface area contributed by atoms with Crippen molar-refractivity contribution in [1.29, 1.82) is 0 Å². The molecular formula is C16H24FN3O2. The van der Waals surface area contributed by atoms with E-state index in [1.807, 2.05) is 13.8 Å². The fraction of sp³-hybridized carbons (Fsp3) is 0.500. The summed E-state index contributed by atoms with van der Waals surface area (Å²) in [4.78, 5) is 23.5. The molecule has 122 valence electrons. The van der Waals surface area contributed by atoms with E-state index in [2.05, 4.69) is 10.6 Å². The van der Waals surface area contributed by atoms with Gasteiger partial charge in [-0.25, -0.2) is 4.39 Å². The van der Waals surface area contributed by atoms with E-state index < -0.39 is 6.04 Å². The minimum atomic E-state index is -0.642. The van der Waals surface area contributed by atoms with E-state index in [1.165, 1.54) is 6.07 Å². The number of amides is 2. The highest BCUT2D eigenvalue weighted by Crippen LogP contribution is 2.16. The van der Waals surface area contributed by atoms with Gasteiger partial charge in [-0.2, -0.15) is 0 Å². The van der Waals surface area contributed by atoms with Gasteiger partial charge in [0.05, 0.1) is 18.6 Å². The summed E-state index contributed by atoms with van der Waals surface area (Å²) in [5.74, 6) is -1.02. The Morgan fingerprint density at radius 1 is 1.27 bits per heavy atom. The van der Waals surface area contributed by atoms with Crippen LogP contribution in [0.5, 0.6) is 0 Å². The number of nitrogens with one attached hydrogen (secondary N) is 2. The van der Waals surface area contributed by atoms with Gasteiger partial charge in [0.25, 0.3) is 0 Å². The number of benzene rings is 1. The highest BCUT2D eigenvalue weighted by atomic mass is 19.1. The lowest BCUT2D eigenvalue weighted by atomic mass is 10.1. The fourth-order valence-corrected chi connectivity index (χ4v) is 1.84. The third-order valence-corrected chi connectivity index (χ3v) is 3.52. The van der Waals surface area contributed by atoms with Crippen molar-refractivity contribution in [2.75, 3.05) is 6.54 Å². The van der Waals surface area contributed by atoms with E-state index >= 15 is 0 Å². The molecule has 1 unspecified atom stereocenters. The molecule has 22 heavy (non-hydrogen) atoms. The third-order valence-electron chi connectivity index (χ3n) is 3.52. The van der Waals surface area contributed by atoms with Crippen molar-refractivity contribution in [3.8, 4) is 0 Å². The summed E-state index contributed by atoms with van der Waals surface area (Å²) in [7, 11) is 0. The quantitative estimate of drug-likeness (QED) is 0.743. The van der Waals surface area contributed by atoms with Gasteiger partial charge in [-0.1, -0.05) is 26.0 Å². The lowest BCUT2D eigenvalue weighted by molar-refractivity contribution is -0.127. The summed E-state index contributed by atoms with van der Waals surface area (Å²) >= 11 is 0. The SMILES string of the molecule is Cc1ccc(C(C)NC(=O)CNC(=O)[C@@H](N)C(C)C)cc1F. The molecule has 2 atom stereocenters. The molecule has 1 rings (SSSR count). The molecule has 0 heterocycles. The van der Waals surface area contributed by atoms with Crippen LogP contribution < -0.4 is 16.4 Å². The van der Waals surface area contributed by atoms with Crippen LogP contribution in [0.15, 0.2) is 18.2 Å². The topological polar surface area (TPSA) is 84.2 Å². The summed E-state index contributed by atoms with van der Waals surface area (Å²) in [5, 5.41) is 5.20. The Bertz CT molecular complexity index is 546. The minimum absolute atomic E-state index is 0.00230. The van der Waals surface area contributed by atoms with Crippen LogP contribution in [0.1, 0.15) is 37.9 Å². The zero-order valence-electron chi connectivity index (χ0n) is 13.4. The van der Waals surface area contributed by atoms with Crippen molar-refractivity contribution in [2.45, 2.75) is 39.8 Å². The molecule has 0 fully saturated rings. The molecule has 0 bridgehead atoms. The molecule has 6 heteroatoms. The molecule has 0 radical (unpaired) electrons. The first kappa shape index (κ1) is 18.1. The van der Waals surface area contributed by atoms with E-state index in [0.29, 0.717) is 11.1 Å². The number of carbonyl (C=O) groups is 2. The summed E-state index contributed by atoms with van der Waals surface area (Å²) < 4.78 is 13.5. The predicted molar refractivity (Wildman–Crippen MR) is 83.5 cm³/mol. The fourth-order valence-electron chi connectivity index (χ4n) is 1.84. The van der Waals surface area contributed by atoms with Gasteiger partial charge in [-0.05, 0) is 37.0 Å². The second kappa shape index (κ2) is 7.89. The normalized spacial score (nSPS) is 13.6.